The first-order chi connectivity index (χ1) is 13.6. The summed E-state index contributed by atoms with van der Waals surface area (Å²) in [6.45, 7) is -2.31. The zero-order chi connectivity index (χ0) is 21.3. The SMILES string of the molecule is CC1(c2ccc(OC(F)F)cc2)NC(=O)N(CC(O)c2c(F)cccc2F)C1=O. The van der Waals surface area contributed by atoms with Gasteiger partial charge in [-0.25, -0.2) is 13.6 Å². The number of carbonyl (C=O) groups excluding carboxylic acids is 2. The van der Waals surface area contributed by atoms with E-state index in [-0.39, 0.29) is 11.3 Å². The van der Waals surface area contributed by atoms with Crippen molar-refractivity contribution in [3.8, 4) is 5.75 Å². The molecule has 0 bridgehead atoms. The van der Waals surface area contributed by atoms with Crippen LogP contribution in [0, 0.1) is 11.6 Å². The lowest BCUT2D eigenvalue weighted by atomic mass is 9.92. The molecule has 0 saturated carbocycles. The van der Waals surface area contributed by atoms with Crippen molar-refractivity contribution in [2.75, 3.05) is 6.54 Å². The van der Waals surface area contributed by atoms with Gasteiger partial charge in [0.1, 0.15) is 29.0 Å². The smallest absolute Gasteiger partial charge is 0.387 e. The van der Waals surface area contributed by atoms with E-state index in [1.54, 1.807) is 0 Å². The largest absolute Gasteiger partial charge is 0.435 e. The van der Waals surface area contributed by atoms with Crippen LogP contribution in [0.3, 0.4) is 0 Å². The van der Waals surface area contributed by atoms with E-state index in [2.05, 4.69) is 10.1 Å². The van der Waals surface area contributed by atoms with Gasteiger partial charge in [0.05, 0.1) is 12.1 Å². The van der Waals surface area contributed by atoms with Gasteiger partial charge < -0.3 is 15.2 Å². The number of halogens is 4. The highest BCUT2D eigenvalue weighted by atomic mass is 19.3. The molecule has 1 fully saturated rings. The van der Waals surface area contributed by atoms with Crippen LogP contribution in [0.4, 0.5) is 22.4 Å². The van der Waals surface area contributed by atoms with Crippen molar-refractivity contribution in [3.05, 3.63) is 65.2 Å². The number of benzene rings is 2. The Morgan fingerprint density at radius 2 is 1.69 bits per heavy atom. The van der Waals surface area contributed by atoms with Crippen LogP contribution in [-0.4, -0.2) is 35.1 Å². The summed E-state index contributed by atoms with van der Waals surface area (Å²) in [6, 6.07) is 7.20. The molecule has 6 nitrogen and oxygen atoms in total. The highest BCUT2D eigenvalue weighted by Crippen LogP contribution is 2.32. The Morgan fingerprint density at radius 1 is 1.10 bits per heavy atom. The number of ether oxygens (including phenoxy) is 1. The molecular formula is C19H16F4N2O4. The molecule has 2 aromatic carbocycles. The van der Waals surface area contributed by atoms with Crippen LogP contribution < -0.4 is 10.1 Å². The summed E-state index contributed by atoms with van der Waals surface area (Å²) >= 11 is 0. The number of aliphatic hydroxyl groups excluding tert-OH is 1. The summed E-state index contributed by atoms with van der Waals surface area (Å²) in [5.74, 6) is -2.93. The number of alkyl halides is 2. The number of amides is 3. The van der Waals surface area contributed by atoms with Crippen LogP contribution in [0.5, 0.6) is 5.75 Å². The number of hydrogen-bond donors (Lipinski definition) is 2. The van der Waals surface area contributed by atoms with Crippen molar-refractivity contribution < 1.29 is 37.0 Å². The van der Waals surface area contributed by atoms with Crippen LogP contribution in [0.1, 0.15) is 24.2 Å². The number of urea groups is 1. The van der Waals surface area contributed by atoms with Gasteiger partial charge in [0, 0.05) is 0 Å². The van der Waals surface area contributed by atoms with Gasteiger partial charge in [-0.2, -0.15) is 8.78 Å². The predicted molar refractivity (Wildman–Crippen MR) is 92.0 cm³/mol. The molecule has 3 amide bonds. The fourth-order valence-electron chi connectivity index (χ4n) is 3.12. The maximum absolute atomic E-state index is 13.8. The van der Waals surface area contributed by atoms with E-state index >= 15 is 0 Å². The number of carbonyl (C=O) groups is 2. The van der Waals surface area contributed by atoms with Gasteiger partial charge in [0.2, 0.25) is 0 Å². The minimum Gasteiger partial charge on any atom is -0.435 e. The monoisotopic (exact) mass is 412 g/mol. The van der Waals surface area contributed by atoms with Crippen molar-refractivity contribution in [2.45, 2.75) is 25.2 Å². The van der Waals surface area contributed by atoms with Gasteiger partial charge in [-0.3, -0.25) is 9.69 Å². The number of aliphatic hydroxyl groups is 1. The molecule has 1 heterocycles. The lowest BCUT2D eigenvalue weighted by Gasteiger charge is -2.23. The van der Waals surface area contributed by atoms with Crippen molar-refractivity contribution in [1.29, 1.82) is 0 Å². The third kappa shape index (κ3) is 3.88. The lowest BCUT2D eigenvalue weighted by molar-refractivity contribution is -0.132. The standard InChI is InChI=1S/C19H16F4N2O4/c1-19(10-5-7-11(8-6-10)29-17(22)23)16(27)25(18(28)24-19)9-14(26)15-12(20)3-2-4-13(15)21/h2-8,14,17,26H,9H2,1H3,(H,24,28). The van der Waals surface area contributed by atoms with Gasteiger partial charge in [-0.1, -0.05) is 18.2 Å². The number of imide groups is 1. The van der Waals surface area contributed by atoms with Crippen molar-refractivity contribution in [1.82, 2.24) is 10.2 Å². The molecule has 2 unspecified atom stereocenters. The fraction of sp³-hybridized carbons (Fsp3) is 0.263. The number of rotatable bonds is 6. The Labute approximate surface area is 162 Å². The van der Waals surface area contributed by atoms with Crippen LogP contribution in [0.2, 0.25) is 0 Å². The molecule has 154 valence electrons. The average Bonchev–Trinajstić information content (AvgIpc) is 2.86. The molecule has 29 heavy (non-hydrogen) atoms. The van der Waals surface area contributed by atoms with E-state index in [0.29, 0.717) is 4.90 Å². The minimum atomic E-state index is -3.01. The summed E-state index contributed by atoms with van der Waals surface area (Å²) in [5, 5.41) is 12.6. The van der Waals surface area contributed by atoms with E-state index < -0.39 is 53.9 Å². The van der Waals surface area contributed by atoms with Crippen molar-refractivity contribution >= 4 is 11.9 Å². The van der Waals surface area contributed by atoms with Crippen LogP contribution in [0.15, 0.2) is 42.5 Å². The first-order valence-corrected chi connectivity index (χ1v) is 8.45. The Bertz CT molecular complexity index is 918. The molecule has 3 rings (SSSR count). The number of nitrogens with one attached hydrogen (secondary N) is 1. The number of nitrogens with zero attached hydrogens (tertiary/aromatic N) is 1. The second kappa shape index (κ2) is 7.70. The molecule has 10 heteroatoms. The van der Waals surface area contributed by atoms with Gasteiger partial charge in [-0.05, 0) is 36.8 Å². The summed E-state index contributed by atoms with van der Waals surface area (Å²) in [7, 11) is 0. The second-order valence-electron chi connectivity index (χ2n) is 6.52. The van der Waals surface area contributed by atoms with Gasteiger partial charge in [0.25, 0.3) is 5.91 Å². The summed E-state index contributed by atoms with van der Waals surface area (Å²) in [4.78, 5) is 25.8. The van der Waals surface area contributed by atoms with E-state index in [9.17, 15) is 32.3 Å². The highest BCUT2D eigenvalue weighted by molar-refractivity contribution is 6.07. The molecule has 0 spiro atoms. The van der Waals surface area contributed by atoms with Crippen LogP contribution in [-0.2, 0) is 10.3 Å². The molecule has 2 N–H and O–H groups in total. The number of hydrogen-bond acceptors (Lipinski definition) is 4. The molecule has 1 aliphatic heterocycles. The zero-order valence-electron chi connectivity index (χ0n) is 15.0. The van der Waals surface area contributed by atoms with Crippen LogP contribution >= 0.6 is 0 Å². The topological polar surface area (TPSA) is 78.9 Å². The van der Waals surface area contributed by atoms with E-state index in [4.69, 9.17) is 0 Å². The first kappa shape index (κ1) is 20.6. The van der Waals surface area contributed by atoms with Crippen molar-refractivity contribution in [2.24, 2.45) is 0 Å². The molecule has 0 aromatic heterocycles. The molecule has 2 aromatic rings. The molecule has 1 saturated heterocycles. The summed E-state index contributed by atoms with van der Waals surface area (Å²) in [6.07, 6.45) is -1.78. The van der Waals surface area contributed by atoms with Gasteiger partial charge in [-0.15, -0.1) is 0 Å². The van der Waals surface area contributed by atoms with Gasteiger partial charge in [0.15, 0.2) is 0 Å². The Morgan fingerprint density at radius 3 is 2.24 bits per heavy atom. The quantitative estimate of drug-likeness (QED) is 0.565. The highest BCUT2D eigenvalue weighted by Gasteiger charge is 2.49. The summed E-state index contributed by atoms with van der Waals surface area (Å²) in [5.41, 5.74) is -1.95. The van der Waals surface area contributed by atoms with Crippen LogP contribution in [0.25, 0.3) is 0 Å². The third-order valence-electron chi connectivity index (χ3n) is 4.62. The molecule has 2 atom stereocenters. The average molecular weight is 412 g/mol. The lowest BCUT2D eigenvalue weighted by Crippen LogP contribution is -2.41. The third-order valence-corrected chi connectivity index (χ3v) is 4.62. The molecule has 0 aliphatic carbocycles. The molecule has 1 aliphatic rings. The maximum Gasteiger partial charge on any atom is 0.387 e. The van der Waals surface area contributed by atoms with E-state index in [1.165, 1.54) is 31.2 Å². The van der Waals surface area contributed by atoms with E-state index in [1.807, 2.05) is 0 Å². The summed E-state index contributed by atoms with van der Waals surface area (Å²) < 4.78 is 56.5. The zero-order valence-corrected chi connectivity index (χ0v) is 15.0. The predicted octanol–water partition coefficient (Wildman–Crippen LogP) is 3.07. The maximum atomic E-state index is 13.8. The molecular weight excluding hydrogens is 396 g/mol. The van der Waals surface area contributed by atoms with Crippen molar-refractivity contribution in [3.63, 3.8) is 0 Å². The Kier molecular flexibility index (Phi) is 5.47. The second-order valence-corrected chi connectivity index (χ2v) is 6.52. The van der Waals surface area contributed by atoms with E-state index in [0.717, 1.165) is 18.2 Å². The first-order valence-electron chi connectivity index (χ1n) is 8.45. The normalized spacial score (nSPS) is 20.2. The Balaban J connectivity index is 1.81. The number of β-amino-alcohol motifs (C(OH)–C–C–N with tert-alkyl or cyclic N) is 1. The van der Waals surface area contributed by atoms with Gasteiger partial charge >= 0.3 is 12.6 Å². The Hall–Kier alpha value is -3.14. The minimum absolute atomic E-state index is 0.133. The fourth-order valence-corrected chi connectivity index (χ4v) is 3.12. The molecule has 0 radical (unpaired) electrons.